The summed E-state index contributed by atoms with van der Waals surface area (Å²) in [6, 6.07) is 1.54. The van der Waals surface area contributed by atoms with Crippen LogP contribution in [-0.2, 0) is 10.1 Å². The third kappa shape index (κ3) is 2.73. The first kappa shape index (κ1) is 10.0. The smallest absolute Gasteiger partial charge is 0.358 e. The van der Waals surface area contributed by atoms with E-state index in [-0.39, 0.29) is 5.69 Å². The van der Waals surface area contributed by atoms with Crippen LogP contribution in [0, 0.1) is 0 Å². The molecule has 0 aromatic carbocycles. The molecule has 0 N–H and O–H groups in total. The molecule has 0 amide bonds. The molecular formula is C7H8BrN3O2. The Morgan fingerprint density at radius 1 is 1.62 bits per heavy atom. The zero-order chi connectivity index (χ0) is 9.68. The molecule has 6 heteroatoms. The number of rotatable bonds is 3. The maximum absolute atomic E-state index is 11.1. The van der Waals surface area contributed by atoms with Crippen LogP contribution in [0.3, 0.4) is 0 Å². The van der Waals surface area contributed by atoms with Gasteiger partial charge in [0.2, 0.25) is 0 Å². The van der Waals surface area contributed by atoms with Gasteiger partial charge in [0.1, 0.15) is 0 Å². The quantitative estimate of drug-likeness (QED) is 0.586. The number of alkyl halides is 1. The number of halogens is 1. The van der Waals surface area contributed by atoms with Gasteiger partial charge < -0.3 is 4.74 Å². The number of ether oxygens (including phenoxy) is 1. The molecule has 0 spiro atoms. The lowest BCUT2D eigenvalue weighted by Crippen LogP contribution is -2.09. The van der Waals surface area contributed by atoms with E-state index >= 15 is 0 Å². The van der Waals surface area contributed by atoms with Crippen molar-refractivity contribution in [1.29, 1.82) is 0 Å². The normalized spacial score (nSPS) is 9.69. The van der Waals surface area contributed by atoms with Crippen LogP contribution in [0.5, 0.6) is 0 Å². The topological polar surface area (TPSA) is 65.0 Å². The minimum atomic E-state index is -0.473. The summed E-state index contributed by atoms with van der Waals surface area (Å²) in [5, 5.41) is 11.2. The predicted molar refractivity (Wildman–Crippen MR) is 48.4 cm³/mol. The minimum Gasteiger partial charge on any atom is -0.461 e. The van der Waals surface area contributed by atoms with Crippen molar-refractivity contribution in [2.45, 2.75) is 12.3 Å². The lowest BCUT2D eigenvalue weighted by molar-refractivity contribution is 0.0517. The third-order valence-electron chi connectivity index (χ3n) is 1.25. The van der Waals surface area contributed by atoms with Crippen LogP contribution >= 0.6 is 15.9 Å². The van der Waals surface area contributed by atoms with Crippen molar-refractivity contribution in [3.8, 4) is 0 Å². The Kier molecular flexibility index (Phi) is 3.75. The second kappa shape index (κ2) is 4.86. The van der Waals surface area contributed by atoms with Gasteiger partial charge in [0.15, 0.2) is 5.69 Å². The van der Waals surface area contributed by atoms with E-state index in [4.69, 9.17) is 4.74 Å². The molecule has 0 saturated heterocycles. The van der Waals surface area contributed by atoms with E-state index in [0.717, 1.165) is 0 Å². The van der Waals surface area contributed by atoms with E-state index in [9.17, 15) is 4.79 Å². The standard InChI is InChI=1S/C7H8BrN3O2/c1-2-13-7(12)6-3-5(4-8)9-11-10-6/h3H,2,4H2,1H3. The first-order chi connectivity index (χ1) is 6.27. The number of carbonyl (C=O) groups is 1. The van der Waals surface area contributed by atoms with Gasteiger partial charge in [-0.15, -0.1) is 10.2 Å². The first-order valence-corrected chi connectivity index (χ1v) is 4.82. The Hall–Kier alpha value is -1.04. The number of aromatic nitrogens is 3. The zero-order valence-corrected chi connectivity index (χ0v) is 8.61. The maximum Gasteiger partial charge on any atom is 0.358 e. The Bertz CT molecular complexity index is 306. The van der Waals surface area contributed by atoms with Crippen LogP contribution < -0.4 is 0 Å². The monoisotopic (exact) mass is 245 g/mol. The summed E-state index contributed by atoms with van der Waals surface area (Å²) in [6.45, 7) is 2.06. The fourth-order valence-electron chi connectivity index (χ4n) is 0.714. The molecule has 0 saturated carbocycles. The summed E-state index contributed by atoms with van der Waals surface area (Å²) in [4.78, 5) is 11.1. The molecule has 0 unspecified atom stereocenters. The molecule has 1 aromatic heterocycles. The van der Waals surface area contributed by atoms with Gasteiger partial charge in [-0.1, -0.05) is 15.9 Å². The van der Waals surface area contributed by atoms with Crippen LogP contribution in [0.15, 0.2) is 6.07 Å². The van der Waals surface area contributed by atoms with Gasteiger partial charge in [-0.25, -0.2) is 4.79 Å². The van der Waals surface area contributed by atoms with E-state index in [2.05, 4.69) is 31.3 Å². The molecule has 5 nitrogen and oxygen atoms in total. The number of carbonyl (C=O) groups excluding carboxylic acids is 1. The van der Waals surface area contributed by atoms with Crippen LogP contribution in [-0.4, -0.2) is 28.0 Å². The highest BCUT2D eigenvalue weighted by molar-refractivity contribution is 9.08. The number of hydrogen-bond acceptors (Lipinski definition) is 5. The largest absolute Gasteiger partial charge is 0.461 e. The van der Waals surface area contributed by atoms with E-state index < -0.39 is 5.97 Å². The van der Waals surface area contributed by atoms with Crippen molar-refractivity contribution in [3.63, 3.8) is 0 Å². The summed E-state index contributed by atoms with van der Waals surface area (Å²) in [7, 11) is 0. The first-order valence-electron chi connectivity index (χ1n) is 3.70. The molecule has 70 valence electrons. The molecule has 0 fully saturated rings. The van der Waals surface area contributed by atoms with Crippen LogP contribution in [0.4, 0.5) is 0 Å². The Morgan fingerprint density at radius 3 is 3.00 bits per heavy atom. The average Bonchev–Trinajstić information content (AvgIpc) is 2.18. The van der Waals surface area contributed by atoms with Gasteiger partial charge in [-0.2, -0.15) is 0 Å². The fraction of sp³-hybridized carbons (Fsp3) is 0.429. The highest BCUT2D eigenvalue weighted by atomic mass is 79.9. The summed E-state index contributed by atoms with van der Waals surface area (Å²) in [5.74, 6) is -0.473. The van der Waals surface area contributed by atoms with Crippen molar-refractivity contribution in [2.24, 2.45) is 0 Å². The fourth-order valence-corrected chi connectivity index (χ4v) is 0.988. The predicted octanol–water partition coefficient (Wildman–Crippen LogP) is 0.943. The molecule has 13 heavy (non-hydrogen) atoms. The van der Waals surface area contributed by atoms with Crippen LogP contribution in [0.1, 0.15) is 23.1 Å². The molecule has 1 aromatic rings. The molecule has 0 aliphatic heterocycles. The van der Waals surface area contributed by atoms with Gasteiger partial charge >= 0.3 is 5.97 Å². The molecule has 0 aliphatic carbocycles. The Balaban J connectivity index is 2.82. The van der Waals surface area contributed by atoms with Gasteiger partial charge in [0.05, 0.1) is 12.3 Å². The second-order valence-corrected chi connectivity index (χ2v) is 2.73. The van der Waals surface area contributed by atoms with Gasteiger partial charge in [0.25, 0.3) is 0 Å². The number of nitrogens with zero attached hydrogens (tertiary/aromatic N) is 3. The molecule has 0 bridgehead atoms. The van der Waals surface area contributed by atoms with E-state index in [1.54, 1.807) is 13.0 Å². The number of hydrogen-bond donors (Lipinski definition) is 0. The van der Waals surface area contributed by atoms with Gasteiger partial charge in [-0.3, -0.25) is 0 Å². The van der Waals surface area contributed by atoms with Crippen molar-refractivity contribution < 1.29 is 9.53 Å². The zero-order valence-electron chi connectivity index (χ0n) is 7.03. The molecule has 1 heterocycles. The van der Waals surface area contributed by atoms with E-state index in [1.165, 1.54) is 0 Å². The molecule has 0 atom stereocenters. The van der Waals surface area contributed by atoms with E-state index in [1.807, 2.05) is 0 Å². The summed E-state index contributed by atoms with van der Waals surface area (Å²) in [5.41, 5.74) is 0.837. The van der Waals surface area contributed by atoms with Crippen molar-refractivity contribution >= 4 is 21.9 Å². The van der Waals surface area contributed by atoms with Gasteiger partial charge in [-0.05, 0) is 18.2 Å². The third-order valence-corrected chi connectivity index (χ3v) is 1.82. The van der Waals surface area contributed by atoms with E-state index in [0.29, 0.717) is 17.6 Å². The molecular weight excluding hydrogens is 238 g/mol. The highest BCUT2D eigenvalue weighted by Gasteiger charge is 2.09. The molecule has 1 rings (SSSR count). The number of esters is 1. The maximum atomic E-state index is 11.1. The summed E-state index contributed by atoms with van der Waals surface area (Å²) >= 11 is 3.20. The van der Waals surface area contributed by atoms with Crippen LogP contribution in [0.25, 0.3) is 0 Å². The summed E-state index contributed by atoms with van der Waals surface area (Å²) < 4.78 is 4.74. The van der Waals surface area contributed by atoms with Gasteiger partial charge in [0, 0.05) is 5.33 Å². The second-order valence-electron chi connectivity index (χ2n) is 2.16. The molecule has 0 aliphatic rings. The Labute approximate surface area is 83.6 Å². The SMILES string of the molecule is CCOC(=O)c1cc(CBr)nnn1. The van der Waals surface area contributed by atoms with Crippen molar-refractivity contribution in [1.82, 2.24) is 15.4 Å². The lowest BCUT2D eigenvalue weighted by atomic mass is 10.3. The Morgan fingerprint density at radius 2 is 2.38 bits per heavy atom. The lowest BCUT2D eigenvalue weighted by Gasteiger charge is -1.99. The van der Waals surface area contributed by atoms with Crippen molar-refractivity contribution in [2.75, 3.05) is 6.61 Å². The van der Waals surface area contributed by atoms with Crippen molar-refractivity contribution in [3.05, 3.63) is 17.5 Å². The summed E-state index contributed by atoms with van der Waals surface area (Å²) in [6.07, 6.45) is 0. The highest BCUT2D eigenvalue weighted by Crippen LogP contribution is 2.02. The average molecular weight is 246 g/mol. The molecule has 0 radical (unpaired) electrons. The minimum absolute atomic E-state index is 0.186. The van der Waals surface area contributed by atoms with Crippen LogP contribution in [0.2, 0.25) is 0 Å².